The van der Waals surface area contributed by atoms with Crippen LogP contribution in [0.25, 0.3) is 0 Å². The summed E-state index contributed by atoms with van der Waals surface area (Å²) < 4.78 is 0. The van der Waals surface area contributed by atoms with Crippen molar-refractivity contribution >= 4 is 22.9 Å². The summed E-state index contributed by atoms with van der Waals surface area (Å²) in [4.78, 5) is 13.4. The first kappa shape index (κ1) is 13.8. The Balaban J connectivity index is 2.07. The van der Waals surface area contributed by atoms with Crippen molar-refractivity contribution in [3.63, 3.8) is 0 Å². The van der Waals surface area contributed by atoms with Gasteiger partial charge in [-0.3, -0.25) is 4.79 Å². The normalized spacial score (nSPS) is 9.20. The van der Waals surface area contributed by atoms with Crippen LogP contribution in [0.4, 0.5) is 5.69 Å². The largest absolute Gasteiger partial charge is 0.321 e. The summed E-state index contributed by atoms with van der Waals surface area (Å²) in [5.74, 6) is 5.44. The van der Waals surface area contributed by atoms with Crippen LogP contribution in [0.1, 0.15) is 20.1 Å². The van der Waals surface area contributed by atoms with Gasteiger partial charge >= 0.3 is 0 Å². The lowest BCUT2D eigenvalue weighted by Gasteiger charge is -2.02. The third-order valence-corrected chi connectivity index (χ3v) is 3.41. The van der Waals surface area contributed by atoms with Crippen LogP contribution in [-0.4, -0.2) is 12.5 Å². The van der Waals surface area contributed by atoms with Crippen LogP contribution in [0.2, 0.25) is 0 Å². The highest BCUT2D eigenvalue weighted by Crippen LogP contribution is 2.17. The zero-order valence-electron chi connectivity index (χ0n) is 10.5. The van der Waals surface area contributed by atoms with Crippen molar-refractivity contribution in [1.82, 2.24) is 0 Å². The zero-order chi connectivity index (χ0) is 14.4. The van der Waals surface area contributed by atoms with Gasteiger partial charge in [-0.05, 0) is 36.4 Å². The smallest absolute Gasteiger partial charge is 0.265 e. The van der Waals surface area contributed by atoms with E-state index >= 15 is 0 Å². The van der Waals surface area contributed by atoms with Crippen LogP contribution >= 0.6 is 11.3 Å². The van der Waals surface area contributed by atoms with E-state index in [2.05, 4.69) is 17.2 Å². The molecule has 20 heavy (non-hydrogen) atoms. The maximum absolute atomic E-state index is 12.0. The van der Waals surface area contributed by atoms with Crippen molar-refractivity contribution in [2.45, 2.75) is 0 Å². The van der Waals surface area contributed by atoms with Crippen molar-refractivity contribution in [3.8, 4) is 17.9 Å². The molecule has 2 rings (SSSR count). The monoisotopic (exact) mass is 281 g/mol. The lowest BCUT2D eigenvalue weighted by atomic mass is 10.2. The summed E-state index contributed by atoms with van der Waals surface area (Å²) in [6.07, 6.45) is 0. The van der Waals surface area contributed by atoms with Crippen LogP contribution in [0.5, 0.6) is 0 Å². The van der Waals surface area contributed by atoms with Gasteiger partial charge in [0.25, 0.3) is 5.91 Å². The molecule has 3 N–H and O–H groups in total. The summed E-state index contributed by atoms with van der Waals surface area (Å²) in [6.45, 7) is 0.296. The first-order chi connectivity index (χ1) is 9.72. The van der Waals surface area contributed by atoms with Gasteiger partial charge in [0, 0.05) is 5.69 Å². The number of nitrogens with one attached hydrogen (secondary N) is 1. The first-order valence-electron chi connectivity index (χ1n) is 5.83. The second-order valence-corrected chi connectivity index (χ2v) is 4.90. The van der Waals surface area contributed by atoms with Crippen molar-refractivity contribution in [2.24, 2.45) is 5.73 Å². The number of anilines is 1. The van der Waals surface area contributed by atoms with Crippen molar-refractivity contribution in [1.29, 1.82) is 5.26 Å². The number of nitrogens with zero attached hydrogens (tertiary/aromatic N) is 1. The molecule has 5 heteroatoms. The number of rotatable bonds is 2. The molecule has 0 aliphatic heterocycles. The fourth-order valence-corrected chi connectivity index (χ4v) is 2.26. The van der Waals surface area contributed by atoms with Crippen LogP contribution in [0.15, 0.2) is 36.4 Å². The summed E-state index contributed by atoms with van der Waals surface area (Å²) in [5, 5.41) is 11.5. The van der Waals surface area contributed by atoms with Crippen LogP contribution in [0, 0.1) is 23.2 Å². The fourth-order valence-electron chi connectivity index (χ4n) is 1.49. The molecule has 0 fully saturated rings. The number of thiophene rings is 1. The second-order valence-electron chi connectivity index (χ2n) is 3.81. The minimum absolute atomic E-state index is 0.194. The summed E-state index contributed by atoms with van der Waals surface area (Å²) in [5.41, 5.74) is 6.50. The highest BCUT2D eigenvalue weighted by Gasteiger charge is 2.08. The molecular weight excluding hydrogens is 270 g/mol. The van der Waals surface area contributed by atoms with Gasteiger partial charge in [-0.25, -0.2) is 0 Å². The number of carbonyl (C=O) groups is 1. The quantitative estimate of drug-likeness (QED) is 0.828. The average Bonchev–Trinajstić information content (AvgIpc) is 2.95. The molecule has 0 bridgehead atoms. The van der Waals surface area contributed by atoms with E-state index < -0.39 is 0 Å². The number of carbonyl (C=O) groups excluding carboxylic acids is 1. The molecule has 2 aromatic rings. The molecule has 0 saturated carbocycles. The van der Waals surface area contributed by atoms with E-state index in [9.17, 15) is 4.79 Å². The van der Waals surface area contributed by atoms with Gasteiger partial charge in [-0.15, -0.1) is 11.3 Å². The van der Waals surface area contributed by atoms with Gasteiger partial charge in [0.05, 0.1) is 27.9 Å². The molecule has 0 radical (unpaired) electrons. The molecule has 0 atom stereocenters. The maximum Gasteiger partial charge on any atom is 0.265 e. The Hall–Kier alpha value is -2.60. The van der Waals surface area contributed by atoms with E-state index in [1.54, 1.807) is 36.4 Å². The predicted octanol–water partition coefficient (Wildman–Crippen LogP) is 2.18. The number of amides is 1. The highest BCUT2D eigenvalue weighted by molar-refractivity contribution is 7.14. The minimum atomic E-state index is -0.194. The molecule has 0 aliphatic carbocycles. The van der Waals surface area contributed by atoms with Gasteiger partial charge < -0.3 is 11.1 Å². The zero-order valence-corrected chi connectivity index (χ0v) is 11.3. The maximum atomic E-state index is 12.0. The fraction of sp³-hybridized carbons (Fsp3) is 0.0667. The van der Waals surface area contributed by atoms with Crippen molar-refractivity contribution in [2.75, 3.05) is 11.9 Å². The van der Waals surface area contributed by atoms with Crippen LogP contribution in [0.3, 0.4) is 0 Å². The van der Waals surface area contributed by atoms with Gasteiger partial charge in [0.15, 0.2) is 0 Å². The number of benzene rings is 1. The molecule has 1 aromatic heterocycles. The van der Waals surface area contributed by atoms with E-state index in [0.29, 0.717) is 22.7 Å². The molecule has 1 heterocycles. The summed E-state index contributed by atoms with van der Waals surface area (Å²) in [6, 6.07) is 12.2. The molecule has 0 spiro atoms. The highest BCUT2D eigenvalue weighted by atomic mass is 32.1. The Morgan fingerprint density at radius 1 is 1.25 bits per heavy atom. The number of nitriles is 1. The van der Waals surface area contributed by atoms with E-state index in [0.717, 1.165) is 4.88 Å². The molecule has 1 amide bonds. The summed E-state index contributed by atoms with van der Waals surface area (Å²) >= 11 is 1.31. The Bertz CT molecular complexity index is 714. The van der Waals surface area contributed by atoms with E-state index in [4.69, 9.17) is 11.0 Å². The lowest BCUT2D eigenvalue weighted by Crippen LogP contribution is -2.09. The van der Waals surface area contributed by atoms with E-state index in [1.807, 2.05) is 6.07 Å². The van der Waals surface area contributed by atoms with E-state index in [-0.39, 0.29) is 5.91 Å². The molecule has 0 aliphatic rings. The number of nitrogens with two attached hydrogens (primary N) is 1. The number of hydrogen-bond acceptors (Lipinski definition) is 4. The standard InChI is InChI=1S/C15H11N3OS/c16-9-1-2-13-7-8-14(20-13)15(19)18-12-5-3-11(10-17)4-6-12/h3-8H,9,16H2,(H,18,19). The van der Waals surface area contributed by atoms with Gasteiger partial charge in [-0.2, -0.15) is 5.26 Å². The minimum Gasteiger partial charge on any atom is -0.321 e. The average molecular weight is 281 g/mol. The molecule has 98 valence electrons. The Morgan fingerprint density at radius 2 is 2.00 bits per heavy atom. The molecular formula is C15H11N3OS. The Kier molecular flexibility index (Phi) is 4.52. The predicted molar refractivity (Wildman–Crippen MR) is 79.4 cm³/mol. The molecule has 0 unspecified atom stereocenters. The third-order valence-electron chi connectivity index (χ3n) is 2.42. The Morgan fingerprint density at radius 3 is 2.65 bits per heavy atom. The molecule has 4 nitrogen and oxygen atoms in total. The van der Waals surface area contributed by atoms with Crippen molar-refractivity contribution in [3.05, 3.63) is 51.7 Å². The number of hydrogen-bond donors (Lipinski definition) is 2. The topological polar surface area (TPSA) is 78.9 Å². The lowest BCUT2D eigenvalue weighted by molar-refractivity contribution is 0.103. The van der Waals surface area contributed by atoms with Gasteiger partial charge in [0.1, 0.15) is 0 Å². The van der Waals surface area contributed by atoms with Gasteiger partial charge in [0.2, 0.25) is 0 Å². The van der Waals surface area contributed by atoms with E-state index in [1.165, 1.54) is 11.3 Å². The molecule has 1 aromatic carbocycles. The van der Waals surface area contributed by atoms with Crippen LogP contribution in [-0.2, 0) is 0 Å². The molecule has 0 saturated heterocycles. The van der Waals surface area contributed by atoms with Gasteiger partial charge in [-0.1, -0.05) is 11.8 Å². The SMILES string of the molecule is N#Cc1ccc(NC(=O)c2ccc(C#CCN)s2)cc1. The van der Waals surface area contributed by atoms with Crippen LogP contribution < -0.4 is 11.1 Å². The van der Waals surface area contributed by atoms with Crippen molar-refractivity contribution < 1.29 is 4.79 Å². The second kappa shape index (κ2) is 6.53. The summed E-state index contributed by atoms with van der Waals surface area (Å²) in [7, 11) is 0. The third kappa shape index (κ3) is 3.46. The first-order valence-corrected chi connectivity index (χ1v) is 6.65. The Labute approximate surface area is 120 Å².